The van der Waals surface area contributed by atoms with Crippen LogP contribution in [0.25, 0.3) is 10.8 Å². The molecule has 1 fully saturated rings. The second-order valence-corrected chi connectivity index (χ2v) is 4.56. The minimum absolute atomic E-state index is 0.269. The van der Waals surface area contributed by atoms with Crippen LogP contribution in [-0.4, -0.2) is 23.7 Å². The standard InChI is InChI=1S/C10H9N.C5H9NO2/c11-10-7-3-5-8-4-1-2-6-9(8)10;7-5(8)4-2-1-3-6-4/h1-7H,11H2;4,6H,1-3H2,(H,7,8)/t;4-/m.0/s1. The van der Waals surface area contributed by atoms with Gasteiger partial charge in [-0.2, -0.15) is 0 Å². The number of carbonyl (C=O) groups is 1. The van der Waals surface area contributed by atoms with Crippen LogP contribution in [0, 0.1) is 0 Å². The summed E-state index contributed by atoms with van der Waals surface area (Å²) in [7, 11) is 0. The Morgan fingerprint density at radius 1 is 1.21 bits per heavy atom. The maximum atomic E-state index is 10.1. The van der Waals surface area contributed by atoms with Gasteiger partial charge in [0.25, 0.3) is 0 Å². The quantitative estimate of drug-likeness (QED) is 0.686. The molecule has 100 valence electrons. The van der Waals surface area contributed by atoms with Crippen LogP contribution in [0.15, 0.2) is 42.5 Å². The highest BCUT2D eigenvalue weighted by Crippen LogP contribution is 2.19. The number of rotatable bonds is 1. The number of aliphatic carboxylic acids is 1. The Kier molecular flexibility index (Phi) is 4.36. The van der Waals surface area contributed by atoms with Crippen LogP contribution in [0.3, 0.4) is 0 Å². The Hall–Kier alpha value is -2.07. The maximum absolute atomic E-state index is 10.1. The summed E-state index contributed by atoms with van der Waals surface area (Å²) in [6.45, 7) is 0.858. The summed E-state index contributed by atoms with van der Waals surface area (Å²) >= 11 is 0. The van der Waals surface area contributed by atoms with E-state index < -0.39 is 5.97 Å². The zero-order valence-electron chi connectivity index (χ0n) is 10.7. The summed E-state index contributed by atoms with van der Waals surface area (Å²) in [5, 5.41) is 13.5. The fraction of sp³-hybridized carbons (Fsp3) is 0.267. The van der Waals surface area contributed by atoms with Crippen LogP contribution >= 0.6 is 0 Å². The molecular weight excluding hydrogens is 240 g/mol. The molecule has 4 nitrogen and oxygen atoms in total. The smallest absolute Gasteiger partial charge is 0.320 e. The Morgan fingerprint density at radius 2 is 1.95 bits per heavy atom. The van der Waals surface area contributed by atoms with E-state index in [4.69, 9.17) is 10.8 Å². The van der Waals surface area contributed by atoms with E-state index in [-0.39, 0.29) is 6.04 Å². The monoisotopic (exact) mass is 258 g/mol. The predicted molar refractivity (Wildman–Crippen MR) is 77.0 cm³/mol. The van der Waals surface area contributed by atoms with Gasteiger partial charge in [0.15, 0.2) is 0 Å². The molecule has 0 saturated carbocycles. The van der Waals surface area contributed by atoms with Gasteiger partial charge in [-0.05, 0) is 30.8 Å². The summed E-state index contributed by atoms with van der Waals surface area (Å²) < 4.78 is 0. The molecule has 4 N–H and O–H groups in total. The molecule has 1 heterocycles. The molecule has 1 aliphatic heterocycles. The van der Waals surface area contributed by atoms with Gasteiger partial charge in [0.1, 0.15) is 6.04 Å². The third-order valence-electron chi connectivity index (χ3n) is 3.18. The molecule has 4 heteroatoms. The first-order valence-electron chi connectivity index (χ1n) is 6.38. The first-order valence-corrected chi connectivity index (χ1v) is 6.38. The van der Waals surface area contributed by atoms with Gasteiger partial charge >= 0.3 is 5.97 Å². The zero-order chi connectivity index (χ0) is 13.7. The topological polar surface area (TPSA) is 75.4 Å². The van der Waals surface area contributed by atoms with Crippen molar-refractivity contribution in [3.05, 3.63) is 42.5 Å². The molecule has 0 bridgehead atoms. The molecule has 0 aromatic heterocycles. The van der Waals surface area contributed by atoms with Crippen molar-refractivity contribution in [2.75, 3.05) is 12.3 Å². The van der Waals surface area contributed by atoms with Crippen LogP contribution in [0.5, 0.6) is 0 Å². The van der Waals surface area contributed by atoms with Crippen molar-refractivity contribution in [1.29, 1.82) is 0 Å². The van der Waals surface area contributed by atoms with Gasteiger partial charge in [-0.3, -0.25) is 4.79 Å². The molecule has 19 heavy (non-hydrogen) atoms. The summed E-state index contributed by atoms with van der Waals surface area (Å²) in [5.74, 6) is -0.720. The highest BCUT2D eigenvalue weighted by molar-refractivity contribution is 5.92. The molecule has 1 aliphatic rings. The second kappa shape index (κ2) is 6.20. The minimum atomic E-state index is -0.720. The van der Waals surface area contributed by atoms with E-state index in [9.17, 15) is 4.79 Å². The molecule has 1 atom stereocenters. The van der Waals surface area contributed by atoms with Crippen molar-refractivity contribution >= 4 is 22.4 Å². The average molecular weight is 258 g/mol. The van der Waals surface area contributed by atoms with Crippen LogP contribution in [-0.2, 0) is 4.79 Å². The van der Waals surface area contributed by atoms with Crippen molar-refractivity contribution < 1.29 is 9.90 Å². The Balaban J connectivity index is 0.000000148. The highest BCUT2D eigenvalue weighted by Gasteiger charge is 2.20. The summed E-state index contributed by atoms with van der Waals surface area (Å²) in [5.41, 5.74) is 6.61. The van der Waals surface area contributed by atoms with Crippen molar-refractivity contribution in [1.82, 2.24) is 5.32 Å². The molecule has 0 aliphatic carbocycles. The summed E-state index contributed by atoms with van der Waals surface area (Å²) in [6, 6.07) is 13.8. The Bertz CT molecular complexity index is 558. The lowest BCUT2D eigenvalue weighted by molar-refractivity contribution is -0.139. The van der Waals surface area contributed by atoms with Crippen molar-refractivity contribution in [2.24, 2.45) is 0 Å². The number of hydrogen-bond donors (Lipinski definition) is 3. The molecule has 0 radical (unpaired) electrons. The van der Waals surface area contributed by atoms with E-state index in [0.717, 1.165) is 30.5 Å². The van der Waals surface area contributed by atoms with Gasteiger partial charge in [0, 0.05) is 11.1 Å². The first kappa shape index (κ1) is 13.4. The van der Waals surface area contributed by atoms with Gasteiger partial charge in [0.05, 0.1) is 0 Å². The fourth-order valence-electron chi connectivity index (χ4n) is 2.15. The van der Waals surface area contributed by atoms with Crippen LogP contribution in [0.2, 0.25) is 0 Å². The number of carboxylic acids is 1. The van der Waals surface area contributed by atoms with E-state index in [1.165, 1.54) is 5.39 Å². The largest absolute Gasteiger partial charge is 0.480 e. The Labute approximate surface area is 112 Å². The number of nitrogens with one attached hydrogen (secondary N) is 1. The molecule has 0 amide bonds. The van der Waals surface area contributed by atoms with E-state index in [1.807, 2.05) is 30.3 Å². The minimum Gasteiger partial charge on any atom is -0.480 e. The second-order valence-electron chi connectivity index (χ2n) is 4.56. The summed E-state index contributed by atoms with van der Waals surface area (Å²) in [6.07, 6.45) is 1.78. The molecule has 0 unspecified atom stereocenters. The Morgan fingerprint density at radius 3 is 2.53 bits per heavy atom. The van der Waals surface area contributed by atoms with Crippen molar-refractivity contribution in [3.8, 4) is 0 Å². The van der Waals surface area contributed by atoms with E-state index in [0.29, 0.717) is 0 Å². The van der Waals surface area contributed by atoms with Gasteiger partial charge in [-0.25, -0.2) is 0 Å². The first-order chi connectivity index (χ1) is 9.18. The molecule has 3 rings (SSSR count). The number of anilines is 1. The highest BCUT2D eigenvalue weighted by atomic mass is 16.4. The summed E-state index contributed by atoms with van der Waals surface area (Å²) in [4.78, 5) is 10.1. The van der Waals surface area contributed by atoms with E-state index in [1.54, 1.807) is 0 Å². The number of fused-ring (bicyclic) bond motifs is 1. The van der Waals surface area contributed by atoms with Gasteiger partial charge < -0.3 is 16.2 Å². The van der Waals surface area contributed by atoms with Crippen LogP contribution in [0.4, 0.5) is 5.69 Å². The third-order valence-corrected chi connectivity index (χ3v) is 3.18. The maximum Gasteiger partial charge on any atom is 0.320 e. The van der Waals surface area contributed by atoms with Crippen LogP contribution in [0.1, 0.15) is 12.8 Å². The number of nitrogens with two attached hydrogens (primary N) is 1. The number of nitrogen functional groups attached to an aromatic ring is 1. The SMILES string of the molecule is Nc1cccc2ccccc12.O=C(O)[C@@H]1CCCN1. The molecule has 2 aromatic carbocycles. The van der Waals surface area contributed by atoms with E-state index >= 15 is 0 Å². The molecule has 0 spiro atoms. The molecular formula is C15H18N2O2. The number of hydrogen-bond acceptors (Lipinski definition) is 3. The fourth-order valence-corrected chi connectivity index (χ4v) is 2.15. The lowest BCUT2D eigenvalue weighted by Crippen LogP contribution is -2.29. The zero-order valence-corrected chi connectivity index (χ0v) is 10.7. The molecule has 1 saturated heterocycles. The number of benzene rings is 2. The van der Waals surface area contributed by atoms with E-state index in [2.05, 4.69) is 17.4 Å². The molecule has 2 aromatic rings. The van der Waals surface area contributed by atoms with Crippen molar-refractivity contribution in [2.45, 2.75) is 18.9 Å². The van der Waals surface area contributed by atoms with Crippen molar-refractivity contribution in [3.63, 3.8) is 0 Å². The third kappa shape index (κ3) is 3.45. The predicted octanol–water partition coefficient (Wildman–Crippen LogP) is 2.25. The lowest BCUT2D eigenvalue weighted by atomic mass is 10.1. The normalized spacial score (nSPS) is 17.8. The van der Waals surface area contributed by atoms with Gasteiger partial charge in [-0.15, -0.1) is 0 Å². The van der Waals surface area contributed by atoms with Gasteiger partial charge in [-0.1, -0.05) is 36.4 Å². The van der Waals surface area contributed by atoms with Gasteiger partial charge in [0.2, 0.25) is 0 Å². The van der Waals surface area contributed by atoms with Crippen LogP contribution < -0.4 is 11.1 Å². The number of carboxylic acid groups (broad SMARTS) is 1. The average Bonchev–Trinajstić information content (AvgIpc) is 2.94. The lowest BCUT2D eigenvalue weighted by Gasteiger charge is -1.99.